The van der Waals surface area contributed by atoms with Gasteiger partial charge in [0, 0.05) is 32.6 Å². The van der Waals surface area contributed by atoms with Crippen molar-refractivity contribution in [2.75, 3.05) is 46.4 Å². The number of nitrogens with zero attached hydrogens (tertiary/aromatic N) is 2. The standard InChI is InChI=1S/C26H35N3O7S2/c1-35-25-12-11-24(38(33,34)29-17-4-5-18-29)20-21(25)6-13-26(30)27-14-19-36-22-7-9-23(10-8-22)37(31,32)28-15-2-3-16-28/h7-12,20H,2-6,13-19H2,1H3,(H,27,30). The van der Waals surface area contributed by atoms with E-state index in [0.29, 0.717) is 49.7 Å². The van der Waals surface area contributed by atoms with Gasteiger partial charge in [0.25, 0.3) is 0 Å². The van der Waals surface area contributed by atoms with E-state index in [1.165, 1.54) is 27.9 Å². The Balaban J connectivity index is 1.24. The van der Waals surface area contributed by atoms with Gasteiger partial charge in [-0.25, -0.2) is 16.8 Å². The van der Waals surface area contributed by atoms with Crippen molar-refractivity contribution >= 4 is 26.0 Å². The Morgan fingerprint density at radius 1 is 0.842 bits per heavy atom. The van der Waals surface area contributed by atoms with Crippen LogP contribution in [0.15, 0.2) is 52.3 Å². The fraction of sp³-hybridized carbons (Fsp3) is 0.500. The Hall–Kier alpha value is -2.67. The quantitative estimate of drug-likeness (QED) is 0.392. The van der Waals surface area contributed by atoms with E-state index in [1.54, 1.807) is 30.3 Å². The second kappa shape index (κ2) is 12.5. The van der Waals surface area contributed by atoms with Crippen LogP contribution in [0.5, 0.6) is 11.5 Å². The molecule has 1 N–H and O–H groups in total. The van der Waals surface area contributed by atoms with Gasteiger partial charge < -0.3 is 14.8 Å². The molecule has 2 saturated heterocycles. The molecule has 1 amide bonds. The Labute approximate surface area is 225 Å². The molecule has 208 valence electrons. The summed E-state index contributed by atoms with van der Waals surface area (Å²) in [7, 11) is -5.51. The molecule has 38 heavy (non-hydrogen) atoms. The highest BCUT2D eigenvalue weighted by atomic mass is 32.2. The van der Waals surface area contributed by atoms with Crippen molar-refractivity contribution in [2.24, 2.45) is 0 Å². The number of nitrogens with one attached hydrogen (secondary N) is 1. The van der Waals surface area contributed by atoms with Crippen molar-refractivity contribution < 1.29 is 31.1 Å². The fourth-order valence-corrected chi connectivity index (χ4v) is 7.75. The number of benzene rings is 2. The van der Waals surface area contributed by atoms with E-state index in [2.05, 4.69) is 5.32 Å². The maximum absolute atomic E-state index is 12.9. The van der Waals surface area contributed by atoms with Crippen molar-refractivity contribution in [2.45, 2.75) is 48.3 Å². The average Bonchev–Trinajstić information content (AvgIpc) is 3.66. The number of aryl methyl sites for hydroxylation is 1. The average molecular weight is 566 g/mol. The van der Waals surface area contributed by atoms with Crippen molar-refractivity contribution in [3.8, 4) is 11.5 Å². The van der Waals surface area contributed by atoms with Crippen LogP contribution in [0.3, 0.4) is 0 Å². The molecule has 0 aromatic heterocycles. The molecule has 0 spiro atoms. The van der Waals surface area contributed by atoms with E-state index in [9.17, 15) is 21.6 Å². The van der Waals surface area contributed by atoms with Crippen LogP contribution in [0.2, 0.25) is 0 Å². The van der Waals surface area contributed by atoms with E-state index in [-0.39, 0.29) is 35.3 Å². The van der Waals surface area contributed by atoms with E-state index in [0.717, 1.165) is 25.7 Å². The van der Waals surface area contributed by atoms with E-state index >= 15 is 0 Å². The topological polar surface area (TPSA) is 122 Å². The summed E-state index contributed by atoms with van der Waals surface area (Å²) in [5.74, 6) is 0.854. The summed E-state index contributed by atoms with van der Waals surface area (Å²) in [4.78, 5) is 12.8. The van der Waals surface area contributed by atoms with Gasteiger partial charge in [-0.1, -0.05) is 0 Å². The number of hydrogen-bond acceptors (Lipinski definition) is 7. The molecule has 0 unspecified atom stereocenters. The maximum atomic E-state index is 12.9. The molecular formula is C26H35N3O7S2. The monoisotopic (exact) mass is 565 g/mol. The molecular weight excluding hydrogens is 530 g/mol. The number of methoxy groups -OCH3 is 1. The highest BCUT2D eigenvalue weighted by molar-refractivity contribution is 7.89. The summed E-state index contributed by atoms with van der Waals surface area (Å²) in [6.07, 6.45) is 3.97. The first-order chi connectivity index (χ1) is 18.2. The lowest BCUT2D eigenvalue weighted by Gasteiger charge is -2.17. The Bertz CT molecular complexity index is 1320. The third kappa shape index (κ3) is 6.66. The molecule has 2 aliphatic rings. The number of carbonyl (C=O) groups excluding carboxylic acids is 1. The van der Waals surface area contributed by atoms with Crippen molar-refractivity contribution in [1.29, 1.82) is 0 Å². The molecule has 2 aromatic carbocycles. The zero-order valence-corrected chi connectivity index (χ0v) is 23.2. The Morgan fingerprint density at radius 2 is 1.39 bits per heavy atom. The fourth-order valence-electron chi connectivity index (χ4n) is 4.67. The van der Waals surface area contributed by atoms with Gasteiger partial charge in [0.2, 0.25) is 26.0 Å². The number of hydrogen-bond donors (Lipinski definition) is 1. The van der Waals surface area contributed by atoms with E-state index in [1.807, 2.05) is 0 Å². The van der Waals surface area contributed by atoms with Crippen molar-refractivity contribution in [3.63, 3.8) is 0 Å². The Kier molecular flexibility index (Phi) is 9.29. The van der Waals surface area contributed by atoms with Gasteiger partial charge in [-0.15, -0.1) is 0 Å². The summed E-state index contributed by atoms with van der Waals surface area (Å²) < 4.78 is 65.0. The zero-order chi connectivity index (χ0) is 27.2. The van der Waals surface area contributed by atoms with Crippen molar-refractivity contribution in [1.82, 2.24) is 13.9 Å². The van der Waals surface area contributed by atoms with Crippen molar-refractivity contribution in [3.05, 3.63) is 48.0 Å². The predicted molar refractivity (Wildman–Crippen MR) is 142 cm³/mol. The molecule has 12 heteroatoms. The van der Waals surface area contributed by atoms with Crippen LogP contribution in [0.25, 0.3) is 0 Å². The van der Waals surface area contributed by atoms with Crippen LogP contribution in [0, 0.1) is 0 Å². The lowest BCUT2D eigenvalue weighted by Crippen LogP contribution is -2.29. The number of ether oxygens (including phenoxy) is 2. The minimum Gasteiger partial charge on any atom is -0.496 e. The van der Waals surface area contributed by atoms with Crippen LogP contribution in [-0.4, -0.2) is 77.8 Å². The maximum Gasteiger partial charge on any atom is 0.243 e. The van der Waals surface area contributed by atoms with Gasteiger partial charge in [-0.3, -0.25) is 4.79 Å². The second-order valence-electron chi connectivity index (χ2n) is 9.37. The van der Waals surface area contributed by atoms with E-state index < -0.39 is 20.0 Å². The third-order valence-corrected chi connectivity index (χ3v) is 10.6. The molecule has 0 bridgehead atoms. The summed E-state index contributed by atoms with van der Waals surface area (Å²) in [5, 5.41) is 2.79. The third-order valence-electron chi connectivity index (χ3n) is 6.80. The molecule has 2 aliphatic heterocycles. The highest BCUT2D eigenvalue weighted by Gasteiger charge is 2.28. The van der Waals surface area contributed by atoms with Crippen LogP contribution >= 0.6 is 0 Å². The molecule has 0 radical (unpaired) electrons. The minimum atomic E-state index is -3.56. The molecule has 2 aromatic rings. The summed E-state index contributed by atoms with van der Waals surface area (Å²) in [5.41, 5.74) is 0.656. The van der Waals surface area contributed by atoms with Crippen LogP contribution in [0.1, 0.15) is 37.7 Å². The molecule has 2 fully saturated rings. The second-order valence-corrected chi connectivity index (χ2v) is 13.2. The van der Waals surface area contributed by atoms with Gasteiger partial charge in [0.15, 0.2) is 0 Å². The van der Waals surface area contributed by atoms with E-state index in [4.69, 9.17) is 9.47 Å². The number of amides is 1. The zero-order valence-electron chi connectivity index (χ0n) is 21.6. The first kappa shape index (κ1) is 28.3. The smallest absolute Gasteiger partial charge is 0.243 e. The summed E-state index contributed by atoms with van der Waals surface area (Å²) >= 11 is 0. The van der Waals surface area contributed by atoms with Crippen LogP contribution in [0.4, 0.5) is 0 Å². The first-order valence-electron chi connectivity index (χ1n) is 12.9. The molecule has 10 nitrogen and oxygen atoms in total. The van der Waals surface area contributed by atoms with Gasteiger partial charge in [-0.05, 0) is 80.1 Å². The predicted octanol–water partition coefficient (Wildman–Crippen LogP) is 2.39. The van der Waals surface area contributed by atoms with Crippen LogP contribution < -0.4 is 14.8 Å². The number of rotatable bonds is 12. The van der Waals surface area contributed by atoms with Gasteiger partial charge in [0.05, 0.1) is 23.4 Å². The molecule has 2 heterocycles. The largest absolute Gasteiger partial charge is 0.496 e. The minimum absolute atomic E-state index is 0.159. The normalized spacial score (nSPS) is 17.0. The summed E-state index contributed by atoms with van der Waals surface area (Å²) in [6, 6.07) is 11.1. The van der Waals surface area contributed by atoms with Gasteiger partial charge in [0.1, 0.15) is 18.1 Å². The Morgan fingerprint density at radius 3 is 1.97 bits per heavy atom. The SMILES string of the molecule is COc1ccc(S(=O)(=O)N2CCCC2)cc1CCC(=O)NCCOc1ccc(S(=O)(=O)N2CCCC2)cc1. The molecule has 4 rings (SSSR count). The molecule has 0 atom stereocenters. The highest BCUT2D eigenvalue weighted by Crippen LogP contribution is 2.27. The first-order valence-corrected chi connectivity index (χ1v) is 15.8. The lowest BCUT2D eigenvalue weighted by molar-refractivity contribution is -0.121. The molecule has 0 saturated carbocycles. The summed E-state index contributed by atoms with van der Waals surface area (Å²) in [6.45, 7) is 2.64. The number of carbonyl (C=O) groups is 1. The van der Waals surface area contributed by atoms with Crippen LogP contribution in [-0.2, 0) is 31.3 Å². The van der Waals surface area contributed by atoms with Gasteiger partial charge in [-0.2, -0.15) is 8.61 Å². The number of sulfonamides is 2. The van der Waals surface area contributed by atoms with Gasteiger partial charge >= 0.3 is 0 Å². The lowest BCUT2D eigenvalue weighted by atomic mass is 10.1. The molecule has 0 aliphatic carbocycles.